The number of hydrogen-bond donors (Lipinski definition) is 3. The number of aromatic nitrogens is 4. The van der Waals surface area contributed by atoms with E-state index in [0.29, 0.717) is 41.6 Å². The van der Waals surface area contributed by atoms with E-state index in [-0.39, 0.29) is 29.7 Å². The second kappa shape index (κ2) is 10.6. The second-order valence-electron chi connectivity index (χ2n) is 11.2. The van der Waals surface area contributed by atoms with Gasteiger partial charge in [-0.2, -0.15) is 5.10 Å². The zero-order valence-electron chi connectivity index (χ0n) is 23.2. The molecule has 0 saturated carbocycles. The largest absolute Gasteiger partial charge is 0.448 e. The number of nitrogens with zero attached hydrogens (tertiary/aromatic N) is 5. The van der Waals surface area contributed by atoms with Crippen molar-refractivity contribution in [2.75, 3.05) is 32.5 Å². The molecule has 11 nitrogen and oxygen atoms in total. The van der Waals surface area contributed by atoms with E-state index in [1.165, 1.54) is 12.3 Å². The van der Waals surface area contributed by atoms with Crippen molar-refractivity contribution >= 4 is 28.8 Å². The Morgan fingerprint density at radius 2 is 2.05 bits per heavy atom. The number of likely N-dealkylation sites (tertiary alicyclic amines) is 1. The van der Waals surface area contributed by atoms with Gasteiger partial charge < -0.3 is 24.9 Å². The number of fused-ring (bicyclic) bond motifs is 1. The number of hydrogen-bond acceptors (Lipinski definition) is 7. The van der Waals surface area contributed by atoms with Crippen LogP contribution < -0.4 is 10.6 Å². The van der Waals surface area contributed by atoms with Crippen LogP contribution in [0.3, 0.4) is 0 Å². The molecule has 0 aliphatic carbocycles. The highest BCUT2D eigenvalue weighted by molar-refractivity contribution is 6.00. The average molecular weight is 549 g/mol. The first kappa shape index (κ1) is 27.1. The standard InChI is InChI=1S/C28H33FN8O3/c1-28(2,3)26-33-21(15-40-26)25(38)31-13-17-7-6-16(12-20(17)29)19-8-10-30-23-22(19)24(35-34-23)32-18-9-11-37(14-18)27(39)36(4)5/h6-8,10,12,15,18H,9,11,13-14H2,1-5H3,(H,31,38)(H2,30,32,34,35). The number of benzene rings is 1. The number of urea groups is 1. The first-order valence-corrected chi connectivity index (χ1v) is 13.1. The van der Waals surface area contributed by atoms with Gasteiger partial charge in [0.1, 0.15) is 12.1 Å². The van der Waals surface area contributed by atoms with Crippen LogP contribution >= 0.6 is 0 Å². The molecular formula is C28H33FN8O3. The molecule has 4 aromatic rings. The van der Waals surface area contributed by atoms with Crippen LogP contribution in [0.4, 0.5) is 15.0 Å². The summed E-state index contributed by atoms with van der Waals surface area (Å²) in [5.41, 5.74) is 2.13. The Morgan fingerprint density at radius 1 is 1.25 bits per heavy atom. The van der Waals surface area contributed by atoms with Crippen molar-refractivity contribution < 1.29 is 18.4 Å². The van der Waals surface area contributed by atoms with E-state index in [0.717, 1.165) is 17.4 Å². The zero-order chi connectivity index (χ0) is 28.6. The Kier molecular flexibility index (Phi) is 7.17. The predicted octanol–water partition coefficient (Wildman–Crippen LogP) is 4.15. The molecule has 12 heteroatoms. The molecule has 4 heterocycles. The van der Waals surface area contributed by atoms with Gasteiger partial charge in [-0.1, -0.05) is 32.9 Å². The molecule has 1 saturated heterocycles. The average Bonchev–Trinajstić information content (AvgIpc) is 3.67. The number of carbonyl (C=O) groups excluding carboxylic acids is 2. The van der Waals surface area contributed by atoms with Crippen LogP contribution in [0.2, 0.25) is 0 Å². The van der Waals surface area contributed by atoms with Gasteiger partial charge in [-0.05, 0) is 29.7 Å². The van der Waals surface area contributed by atoms with Crippen molar-refractivity contribution in [2.24, 2.45) is 0 Å². The summed E-state index contributed by atoms with van der Waals surface area (Å²) in [7, 11) is 3.47. The van der Waals surface area contributed by atoms with Crippen molar-refractivity contribution in [2.45, 2.75) is 45.2 Å². The Hall–Kier alpha value is -4.48. The van der Waals surface area contributed by atoms with E-state index in [1.807, 2.05) is 26.8 Å². The summed E-state index contributed by atoms with van der Waals surface area (Å²) < 4.78 is 20.6. The number of nitrogens with one attached hydrogen (secondary N) is 3. The smallest absolute Gasteiger partial charge is 0.319 e. The molecule has 0 bridgehead atoms. The van der Waals surface area contributed by atoms with Gasteiger partial charge in [0.05, 0.1) is 5.39 Å². The fourth-order valence-corrected chi connectivity index (χ4v) is 4.67. The van der Waals surface area contributed by atoms with Gasteiger partial charge in [-0.25, -0.2) is 19.2 Å². The summed E-state index contributed by atoms with van der Waals surface area (Å²) in [6.45, 7) is 7.02. The maximum Gasteiger partial charge on any atom is 0.319 e. The minimum absolute atomic E-state index is 0.00320. The number of rotatable bonds is 6. The molecule has 210 valence electrons. The van der Waals surface area contributed by atoms with Crippen LogP contribution in [0, 0.1) is 5.82 Å². The van der Waals surface area contributed by atoms with Gasteiger partial charge in [0.25, 0.3) is 5.91 Å². The first-order valence-electron chi connectivity index (χ1n) is 13.1. The molecule has 3 amide bonds. The van der Waals surface area contributed by atoms with Crippen LogP contribution in [0.5, 0.6) is 0 Å². The molecule has 1 fully saturated rings. The third kappa shape index (κ3) is 5.47. The van der Waals surface area contributed by atoms with Gasteiger partial charge in [0.2, 0.25) is 0 Å². The topological polar surface area (TPSA) is 132 Å². The van der Waals surface area contributed by atoms with Crippen molar-refractivity contribution in [3.8, 4) is 11.1 Å². The number of aromatic amines is 1. The van der Waals surface area contributed by atoms with Gasteiger partial charge in [0.15, 0.2) is 23.0 Å². The second-order valence-corrected chi connectivity index (χ2v) is 11.2. The van der Waals surface area contributed by atoms with Gasteiger partial charge in [-0.3, -0.25) is 9.89 Å². The number of amides is 3. The minimum Gasteiger partial charge on any atom is -0.448 e. The van der Waals surface area contributed by atoms with Crippen LogP contribution in [0.1, 0.15) is 49.1 Å². The van der Waals surface area contributed by atoms with Crippen LogP contribution in [-0.4, -0.2) is 75.1 Å². The molecule has 0 spiro atoms. The summed E-state index contributed by atoms with van der Waals surface area (Å²) in [5, 5.41) is 14.2. The fourth-order valence-electron chi connectivity index (χ4n) is 4.67. The Labute approximate surface area is 231 Å². The highest BCUT2D eigenvalue weighted by atomic mass is 19.1. The maximum absolute atomic E-state index is 15.2. The number of oxazole rings is 1. The van der Waals surface area contributed by atoms with Crippen molar-refractivity contribution in [1.29, 1.82) is 0 Å². The lowest BCUT2D eigenvalue weighted by molar-refractivity contribution is 0.0945. The molecule has 0 radical (unpaired) electrons. The third-order valence-corrected chi connectivity index (χ3v) is 6.83. The molecular weight excluding hydrogens is 515 g/mol. The molecule has 40 heavy (non-hydrogen) atoms. The summed E-state index contributed by atoms with van der Waals surface area (Å²) in [6, 6.07) is 6.70. The van der Waals surface area contributed by atoms with E-state index in [9.17, 15) is 9.59 Å². The number of anilines is 1. The summed E-state index contributed by atoms with van der Waals surface area (Å²) in [4.78, 5) is 36.8. The highest BCUT2D eigenvalue weighted by Gasteiger charge is 2.28. The van der Waals surface area contributed by atoms with E-state index in [1.54, 1.807) is 42.2 Å². The molecule has 1 unspecified atom stereocenters. The normalized spacial score (nSPS) is 15.4. The van der Waals surface area contributed by atoms with E-state index < -0.39 is 11.7 Å². The zero-order valence-corrected chi connectivity index (χ0v) is 23.2. The van der Waals surface area contributed by atoms with E-state index in [4.69, 9.17) is 4.42 Å². The quantitative estimate of drug-likeness (QED) is 0.330. The lowest BCUT2D eigenvalue weighted by Crippen LogP contribution is -2.38. The monoisotopic (exact) mass is 548 g/mol. The number of pyridine rings is 1. The predicted molar refractivity (Wildman–Crippen MR) is 148 cm³/mol. The van der Waals surface area contributed by atoms with Gasteiger partial charge in [0, 0.05) is 56.9 Å². The lowest BCUT2D eigenvalue weighted by atomic mass is 9.97. The van der Waals surface area contributed by atoms with E-state index >= 15 is 4.39 Å². The Balaban J connectivity index is 1.31. The SMILES string of the molecule is CN(C)C(=O)N1CCC(Nc2n[nH]c3nccc(-c4ccc(CNC(=O)c5coc(C(C)(C)C)n5)c(F)c4)c23)C1. The van der Waals surface area contributed by atoms with Gasteiger partial charge in [-0.15, -0.1) is 0 Å². The molecule has 1 atom stereocenters. The molecule has 3 N–H and O–H groups in total. The third-order valence-electron chi connectivity index (χ3n) is 6.83. The molecule has 5 rings (SSSR count). The first-order chi connectivity index (χ1) is 19.0. The van der Waals surface area contributed by atoms with Crippen LogP contribution in [0.15, 0.2) is 41.1 Å². The number of carbonyl (C=O) groups is 2. The highest BCUT2D eigenvalue weighted by Crippen LogP contribution is 2.33. The number of halogens is 1. The van der Waals surface area contributed by atoms with Crippen molar-refractivity contribution in [3.05, 3.63) is 59.7 Å². The number of H-pyrrole nitrogens is 1. The van der Waals surface area contributed by atoms with Gasteiger partial charge >= 0.3 is 6.03 Å². The lowest BCUT2D eigenvalue weighted by Gasteiger charge is -2.21. The van der Waals surface area contributed by atoms with Crippen LogP contribution in [-0.2, 0) is 12.0 Å². The molecule has 1 aliphatic rings. The van der Waals surface area contributed by atoms with Crippen molar-refractivity contribution in [1.82, 2.24) is 35.3 Å². The summed E-state index contributed by atoms with van der Waals surface area (Å²) in [6.07, 6.45) is 3.73. The van der Waals surface area contributed by atoms with Crippen molar-refractivity contribution in [3.63, 3.8) is 0 Å². The summed E-state index contributed by atoms with van der Waals surface area (Å²) >= 11 is 0. The maximum atomic E-state index is 15.2. The Morgan fingerprint density at radius 3 is 2.75 bits per heavy atom. The molecule has 3 aromatic heterocycles. The fraction of sp³-hybridized carbons (Fsp3) is 0.393. The summed E-state index contributed by atoms with van der Waals surface area (Å²) in [5.74, 6) is 0.161. The molecule has 1 aliphatic heterocycles. The molecule has 1 aromatic carbocycles. The minimum atomic E-state index is -0.454. The Bertz CT molecular complexity index is 1550. The van der Waals surface area contributed by atoms with Crippen LogP contribution in [0.25, 0.3) is 22.2 Å². The van der Waals surface area contributed by atoms with E-state index in [2.05, 4.69) is 30.8 Å².